The molecule has 4 aliphatic heterocycles. The van der Waals surface area contributed by atoms with E-state index in [1.165, 1.54) is 33.2 Å². The van der Waals surface area contributed by atoms with Crippen molar-refractivity contribution < 1.29 is 9.47 Å². The highest BCUT2D eigenvalue weighted by atomic mass is 16.5. The van der Waals surface area contributed by atoms with Gasteiger partial charge in [-0.15, -0.1) is 0 Å². The molecule has 0 amide bonds. The Morgan fingerprint density at radius 3 is 0.878 bits per heavy atom. The molecule has 0 spiro atoms. The van der Waals surface area contributed by atoms with E-state index in [1.807, 2.05) is 0 Å². The fraction of sp³-hybridized carbons (Fsp3) is 0.195. The van der Waals surface area contributed by atoms with Crippen LogP contribution in [0, 0.1) is 0 Å². The summed E-state index contributed by atoms with van der Waals surface area (Å²) in [4.78, 5) is 9.69. The van der Waals surface area contributed by atoms with Crippen molar-refractivity contribution >= 4 is 114 Å². The molecule has 11 aromatic carbocycles. The first kappa shape index (κ1) is 56.8. The number of benzene rings is 11. The van der Waals surface area contributed by atoms with Gasteiger partial charge in [-0.05, 0) is 174 Å². The lowest BCUT2D eigenvalue weighted by Gasteiger charge is -2.43. The SMILES string of the molecule is CC(C)(C)c1ccc(N(c2ccc(C(C)(C)C)cc2)c2cc3c4c(c2)N(c2ccccc2)c2ccccc2B4c2cc4c(cc2O3)Oc2cc(N(c3ccc(C(C)(C)C)cc3)c3ccc(C(C)(C)C)cc3)cc3c2B4c2ccccc2N3c2ccccc2)cc1. The van der Waals surface area contributed by atoms with Gasteiger partial charge in [0.2, 0.25) is 0 Å². The quantitative estimate of drug-likeness (QED) is 0.141. The standard InChI is InChI=1S/C82H76B2N4O2/c1-79(2,3)53-31-39-59(40-32-53)85(60-41-33-54(34-42-60)80(4,5)6)63-47-71-77-75(49-63)89-73-52-74-68(51-67(73)83(77)65-27-19-21-29-69(65)87(71)57-23-15-13-16-24-57)84-66-28-20-22-30-70(66)88(58-25-17-14-18-26-58)72-48-64(50-76(90-74)78(72)84)86(61-43-35-55(36-44-61)81(7,8)9)62-45-37-56(38-46-62)82(10,11)12/h13-52H,1-12H3. The molecule has 15 rings (SSSR count). The first-order valence-corrected chi connectivity index (χ1v) is 32.0. The molecular weight excluding hydrogens is 1090 g/mol. The van der Waals surface area contributed by atoms with Crippen LogP contribution in [0.15, 0.2) is 243 Å². The molecule has 0 unspecified atom stereocenters. The van der Waals surface area contributed by atoms with E-state index in [1.54, 1.807) is 0 Å². The molecule has 0 bridgehead atoms. The molecule has 0 radical (unpaired) electrons. The van der Waals surface area contributed by atoms with Crippen LogP contribution in [0.5, 0.6) is 23.0 Å². The van der Waals surface area contributed by atoms with Crippen molar-refractivity contribution in [3.05, 3.63) is 265 Å². The van der Waals surface area contributed by atoms with Crippen LogP contribution in [0.25, 0.3) is 0 Å². The number of nitrogens with zero attached hydrogens (tertiary/aromatic N) is 4. The number of hydrogen-bond acceptors (Lipinski definition) is 6. The van der Waals surface area contributed by atoms with Crippen LogP contribution in [0.4, 0.5) is 68.2 Å². The number of ether oxygens (including phenoxy) is 2. The third kappa shape index (κ3) is 9.65. The van der Waals surface area contributed by atoms with Gasteiger partial charge in [0.1, 0.15) is 23.0 Å². The Labute approximate surface area is 533 Å². The Hall–Kier alpha value is -9.65. The van der Waals surface area contributed by atoms with Gasteiger partial charge in [0, 0.05) is 75.1 Å². The van der Waals surface area contributed by atoms with Gasteiger partial charge in [-0.1, -0.05) is 210 Å². The van der Waals surface area contributed by atoms with Gasteiger partial charge in [-0.3, -0.25) is 0 Å². The highest BCUT2D eigenvalue weighted by Gasteiger charge is 2.47. The lowest BCUT2D eigenvalue weighted by atomic mass is 9.31. The molecule has 0 N–H and O–H groups in total. The molecular formula is C82H76B2N4O2. The lowest BCUT2D eigenvalue weighted by Crippen LogP contribution is -2.63. The first-order valence-electron chi connectivity index (χ1n) is 32.0. The maximum Gasteiger partial charge on any atom is 0.256 e. The minimum absolute atomic E-state index is 0.00976. The van der Waals surface area contributed by atoms with E-state index in [0.717, 1.165) is 113 Å². The maximum atomic E-state index is 7.61. The van der Waals surface area contributed by atoms with Crippen LogP contribution in [0.2, 0.25) is 0 Å². The van der Waals surface area contributed by atoms with E-state index in [4.69, 9.17) is 9.47 Å². The van der Waals surface area contributed by atoms with Gasteiger partial charge in [0.25, 0.3) is 13.4 Å². The van der Waals surface area contributed by atoms with Crippen LogP contribution in [0.1, 0.15) is 105 Å². The van der Waals surface area contributed by atoms with Gasteiger partial charge in [0.15, 0.2) is 0 Å². The van der Waals surface area contributed by atoms with Crippen LogP contribution < -0.4 is 61.9 Å². The Kier molecular flexibility index (Phi) is 13.3. The Bertz CT molecular complexity index is 4170. The molecule has 442 valence electrons. The fourth-order valence-corrected chi connectivity index (χ4v) is 14.2. The summed E-state index contributed by atoms with van der Waals surface area (Å²) < 4.78 is 15.2. The number of anilines is 12. The molecule has 0 atom stereocenters. The van der Waals surface area contributed by atoms with Gasteiger partial charge >= 0.3 is 0 Å². The molecule has 4 aliphatic rings. The Morgan fingerprint density at radius 1 is 0.267 bits per heavy atom. The molecule has 0 fully saturated rings. The van der Waals surface area contributed by atoms with Crippen molar-refractivity contribution in [3.63, 3.8) is 0 Å². The van der Waals surface area contributed by atoms with E-state index < -0.39 is 0 Å². The number of hydrogen-bond donors (Lipinski definition) is 0. The molecule has 0 aromatic heterocycles. The third-order valence-electron chi connectivity index (χ3n) is 19.0. The Morgan fingerprint density at radius 2 is 0.567 bits per heavy atom. The van der Waals surface area contributed by atoms with E-state index in [-0.39, 0.29) is 35.1 Å². The van der Waals surface area contributed by atoms with Gasteiger partial charge in [-0.25, -0.2) is 0 Å². The molecule has 0 saturated carbocycles. The second kappa shape index (κ2) is 21.0. The average Bonchev–Trinajstić information content (AvgIpc) is 0.709. The van der Waals surface area contributed by atoms with Crippen molar-refractivity contribution in [2.24, 2.45) is 0 Å². The van der Waals surface area contributed by atoms with Crippen molar-refractivity contribution in [3.8, 4) is 23.0 Å². The first-order chi connectivity index (χ1) is 43.2. The van der Waals surface area contributed by atoms with Crippen molar-refractivity contribution in [2.75, 3.05) is 19.6 Å². The number of rotatable bonds is 8. The molecule has 6 nitrogen and oxygen atoms in total. The summed E-state index contributed by atoms with van der Waals surface area (Å²) in [5.41, 5.74) is 24.8. The maximum absolute atomic E-state index is 7.61. The average molecular weight is 1170 g/mol. The van der Waals surface area contributed by atoms with Crippen LogP contribution in [-0.2, 0) is 21.7 Å². The normalized spacial score (nSPS) is 13.6. The van der Waals surface area contributed by atoms with Gasteiger partial charge in [0.05, 0.1) is 11.4 Å². The summed E-state index contributed by atoms with van der Waals surface area (Å²) in [6.45, 7) is 27.0. The summed E-state index contributed by atoms with van der Waals surface area (Å²) in [7, 11) is 0. The molecule has 8 heteroatoms. The largest absolute Gasteiger partial charge is 0.458 e. The highest BCUT2D eigenvalue weighted by molar-refractivity contribution is 7.02. The summed E-state index contributed by atoms with van der Waals surface area (Å²) in [6, 6.07) is 90.1. The predicted octanol–water partition coefficient (Wildman–Crippen LogP) is 18.6. The second-order valence-corrected chi connectivity index (χ2v) is 29.1. The summed E-state index contributed by atoms with van der Waals surface area (Å²) in [5.74, 6) is 3.18. The number of para-hydroxylation sites is 4. The predicted molar refractivity (Wildman–Crippen MR) is 382 cm³/mol. The van der Waals surface area contributed by atoms with Crippen LogP contribution in [-0.4, -0.2) is 13.4 Å². The molecule has 0 aliphatic carbocycles. The van der Waals surface area contributed by atoms with Crippen LogP contribution in [0.3, 0.4) is 0 Å². The highest BCUT2D eigenvalue weighted by Crippen LogP contribution is 2.50. The van der Waals surface area contributed by atoms with E-state index in [2.05, 4.69) is 345 Å². The van der Waals surface area contributed by atoms with Gasteiger partial charge < -0.3 is 29.1 Å². The minimum Gasteiger partial charge on any atom is -0.458 e. The third-order valence-corrected chi connectivity index (χ3v) is 19.0. The smallest absolute Gasteiger partial charge is 0.256 e. The van der Waals surface area contributed by atoms with Crippen molar-refractivity contribution in [1.29, 1.82) is 0 Å². The van der Waals surface area contributed by atoms with Crippen molar-refractivity contribution in [1.82, 2.24) is 0 Å². The monoisotopic (exact) mass is 1170 g/mol. The van der Waals surface area contributed by atoms with E-state index in [0.29, 0.717) is 0 Å². The molecule has 0 saturated heterocycles. The number of fused-ring (bicyclic) bond motifs is 8. The van der Waals surface area contributed by atoms with Crippen LogP contribution >= 0.6 is 0 Å². The summed E-state index contributed by atoms with van der Waals surface area (Å²) in [6.07, 6.45) is 0. The molecule has 4 heterocycles. The second-order valence-electron chi connectivity index (χ2n) is 29.1. The minimum atomic E-state index is -0.175. The summed E-state index contributed by atoms with van der Waals surface area (Å²) in [5, 5.41) is 0. The molecule has 90 heavy (non-hydrogen) atoms. The topological polar surface area (TPSA) is 31.4 Å². The van der Waals surface area contributed by atoms with Crippen molar-refractivity contribution in [2.45, 2.75) is 105 Å². The molecule has 11 aromatic rings. The van der Waals surface area contributed by atoms with E-state index in [9.17, 15) is 0 Å². The lowest BCUT2D eigenvalue weighted by molar-refractivity contribution is 0.466. The zero-order chi connectivity index (χ0) is 62.2. The zero-order valence-electron chi connectivity index (χ0n) is 53.9. The summed E-state index contributed by atoms with van der Waals surface area (Å²) >= 11 is 0. The zero-order valence-corrected chi connectivity index (χ0v) is 53.9. The van der Waals surface area contributed by atoms with E-state index >= 15 is 0 Å². The Balaban J connectivity index is 0.948. The fourth-order valence-electron chi connectivity index (χ4n) is 14.2. The van der Waals surface area contributed by atoms with Gasteiger partial charge in [-0.2, -0.15) is 0 Å².